The van der Waals surface area contributed by atoms with Crippen molar-refractivity contribution in [2.24, 2.45) is 10.8 Å². The van der Waals surface area contributed by atoms with Gasteiger partial charge in [-0.1, -0.05) is 0 Å². The van der Waals surface area contributed by atoms with E-state index in [1.807, 2.05) is 0 Å². The van der Waals surface area contributed by atoms with Crippen LogP contribution in [0.3, 0.4) is 0 Å². The van der Waals surface area contributed by atoms with E-state index in [9.17, 15) is 0 Å². The molecule has 0 N–H and O–H groups in total. The monoisotopic (exact) mass is 1810 g/mol. The minimum absolute atomic E-state index is 0. The zero-order valence-corrected chi connectivity index (χ0v) is 38.7. The Balaban J connectivity index is -0.0000000121. The van der Waals surface area contributed by atoms with E-state index in [-0.39, 0.29) is 126 Å². The molecule has 0 unspecified atom stereocenters. The number of hydrogen-bond acceptors (Lipinski definition) is 0. The van der Waals surface area contributed by atoms with Crippen molar-refractivity contribution in [1.29, 1.82) is 0 Å². The van der Waals surface area contributed by atoms with E-state index in [1.165, 1.54) is 38.7 Å². The first-order chi connectivity index (χ1) is 6.12. The van der Waals surface area contributed by atoms with Gasteiger partial charge >= 0.3 is 124 Å². The maximum atomic E-state index is 4.58. The molecule has 120 valence electrons. The van der Waals surface area contributed by atoms with Gasteiger partial charge in [-0.25, -0.2) is 0 Å². The molecule has 0 rings (SSSR count). The Hall–Kier alpha value is 5.80. The SMILES string of the molecule is CC(C)(C)[C-]=[W].CC(C)(C)[C-]=[W].[CH-]=[W].[W].[W].[W].[W].[W].[W]. The summed E-state index contributed by atoms with van der Waals surface area (Å²) in [5.41, 5.74) is 0.657. The Kier molecular flexibility index (Phi) is 101. The molecule has 20 heavy (non-hydrogen) atoms. The standard InChI is InChI=1S/2C5H9.CH.9W/c2*1-5(2,3)4;;;;;;;;;;/h2*1-3H3;1H;;;;;;;;;/q3*-1;;;;;;;;;. The zero-order valence-electron chi connectivity index (χ0n) is 12.3. The summed E-state index contributed by atoms with van der Waals surface area (Å²) in [5, 5.41) is 0. The van der Waals surface area contributed by atoms with Crippen molar-refractivity contribution >= 4 is 13.7 Å². The molecule has 0 bridgehead atoms. The van der Waals surface area contributed by atoms with Crippen molar-refractivity contribution < 1.29 is 184 Å². The Bertz CT molecular complexity index is 140. The van der Waals surface area contributed by atoms with Crippen LogP contribution in [0.1, 0.15) is 41.5 Å². The Morgan fingerprint density at radius 3 is 0.600 bits per heavy atom. The van der Waals surface area contributed by atoms with Crippen LogP contribution in [0.15, 0.2) is 0 Å². The van der Waals surface area contributed by atoms with Gasteiger partial charge in [-0.3, -0.25) is 0 Å². The topological polar surface area (TPSA) is 0 Å². The van der Waals surface area contributed by atoms with Crippen LogP contribution < -0.4 is 0 Å². The molecular weight excluding hydrogens is 1790 g/mol. The van der Waals surface area contributed by atoms with Gasteiger partial charge in [0, 0.05) is 126 Å². The first-order valence-electron chi connectivity index (χ1n) is 4.14. The summed E-state index contributed by atoms with van der Waals surface area (Å²) in [7, 11) is 0. The van der Waals surface area contributed by atoms with E-state index in [2.05, 4.69) is 55.2 Å². The van der Waals surface area contributed by atoms with Gasteiger partial charge in [0.2, 0.25) is 0 Å². The minimum Gasteiger partial charge on any atom is 0 e. The molecule has 0 aromatic rings. The molecule has 0 atom stereocenters. The second kappa shape index (κ2) is 35.8. The van der Waals surface area contributed by atoms with Gasteiger partial charge in [0.15, 0.2) is 0 Å². The van der Waals surface area contributed by atoms with Gasteiger partial charge in [-0.2, -0.15) is 0 Å². The van der Waals surface area contributed by atoms with Crippen LogP contribution in [0.5, 0.6) is 0 Å². The van der Waals surface area contributed by atoms with E-state index >= 15 is 0 Å². The van der Waals surface area contributed by atoms with Gasteiger partial charge in [-0.15, -0.1) is 0 Å². The molecule has 0 aromatic carbocycles. The molecule has 0 spiro atoms. The zero-order chi connectivity index (χ0) is 12.4. The van der Waals surface area contributed by atoms with E-state index in [4.69, 9.17) is 0 Å². The smallest absolute Gasteiger partial charge is 0 e. The van der Waals surface area contributed by atoms with Crippen molar-refractivity contribution in [1.82, 2.24) is 0 Å². The Morgan fingerprint density at radius 2 is 0.600 bits per heavy atom. The molecule has 0 amide bonds. The second-order valence-corrected chi connectivity index (χ2v) is 6.17. The molecule has 0 radical (unpaired) electrons. The quantitative estimate of drug-likeness (QED) is 0.328. The molecular formula is C11H19W9-3. The van der Waals surface area contributed by atoms with Crippen LogP contribution >= 0.6 is 0 Å². The molecule has 0 aromatic heterocycles. The number of hydrogen-bond donors (Lipinski definition) is 0. The molecule has 0 heterocycles. The summed E-state index contributed by atoms with van der Waals surface area (Å²) in [6.07, 6.45) is 0. The minimum atomic E-state index is 0. The molecule has 0 fully saturated rings. The summed E-state index contributed by atoms with van der Waals surface area (Å²) >= 11 is 3.97. The fourth-order valence-electron chi connectivity index (χ4n) is 0. The second-order valence-electron chi connectivity index (χ2n) is 4.70. The average Bonchev–Trinajstić information content (AvgIpc) is 2.07. The third kappa shape index (κ3) is 88.8. The maximum Gasteiger partial charge on any atom is 0 e. The van der Waals surface area contributed by atoms with Gasteiger partial charge < -0.3 is 0 Å². The van der Waals surface area contributed by atoms with E-state index in [0.717, 1.165) is 19.4 Å². The fraction of sp³-hybridized carbons (Fsp3) is 0.727. The van der Waals surface area contributed by atoms with Gasteiger partial charge in [0.25, 0.3) is 0 Å². The fourth-order valence-corrected chi connectivity index (χ4v) is 0. The molecule has 0 aliphatic heterocycles. The van der Waals surface area contributed by atoms with Crippen LogP contribution in [0.4, 0.5) is 0 Å². The van der Waals surface area contributed by atoms with Gasteiger partial charge in [-0.05, 0) is 0 Å². The molecule has 0 saturated heterocycles. The van der Waals surface area contributed by atoms with Crippen LogP contribution in [0, 0.1) is 10.8 Å². The summed E-state index contributed by atoms with van der Waals surface area (Å²) < 4.78 is 6.38. The third-order valence-corrected chi connectivity index (χ3v) is 5.01. The third-order valence-electron chi connectivity index (χ3n) is 0.612. The van der Waals surface area contributed by atoms with Crippen LogP contribution in [-0.2, 0) is 184 Å². The molecule has 0 aliphatic carbocycles. The Labute approximate surface area is 245 Å². The van der Waals surface area contributed by atoms with Gasteiger partial charge in [0.05, 0.1) is 0 Å². The first kappa shape index (κ1) is 56.2. The van der Waals surface area contributed by atoms with Crippen molar-refractivity contribution in [2.75, 3.05) is 0 Å². The average molecular weight is 1810 g/mol. The van der Waals surface area contributed by atoms with Crippen LogP contribution in [0.2, 0.25) is 0 Å². The predicted molar refractivity (Wildman–Crippen MR) is 55.0 cm³/mol. The van der Waals surface area contributed by atoms with Crippen LogP contribution in [-0.4, -0.2) is 13.7 Å². The van der Waals surface area contributed by atoms with Gasteiger partial charge in [0.1, 0.15) is 0 Å². The largest absolute Gasteiger partial charge is 0 e. The van der Waals surface area contributed by atoms with Crippen LogP contribution in [0.25, 0.3) is 0 Å². The Morgan fingerprint density at radius 1 is 0.550 bits per heavy atom. The van der Waals surface area contributed by atoms with E-state index in [1.54, 1.807) is 0 Å². The van der Waals surface area contributed by atoms with Crippen molar-refractivity contribution in [3.63, 3.8) is 0 Å². The number of rotatable bonds is 0. The predicted octanol–water partition coefficient (Wildman–Crippen LogP) is 2.34. The van der Waals surface area contributed by atoms with Crippen molar-refractivity contribution in [3.8, 4) is 0 Å². The summed E-state index contributed by atoms with van der Waals surface area (Å²) in [6.45, 7) is 12.9. The van der Waals surface area contributed by atoms with Crippen molar-refractivity contribution in [2.45, 2.75) is 41.5 Å². The summed E-state index contributed by atoms with van der Waals surface area (Å²) in [4.78, 5) is 4.58. The molecule has 0 nitrogen and oxygen atoms in total. The van der Waals surface area contributed by atoms with E-state index < -0.39 is 0 Å². The summed E-state index contributed by atoms with van der Waals surface area (Å²) in [5.74, 6) is 0. The molecule has 9 heteroatoms. The normalized spacial score (nSPS) is 6.90. The first-order valence-corrected chi connectivity index (χ1v) is 8.77. The maximum absolute atomic E-state index is 4.58. The van der Waals surface area contributed by atoms with E-state index in [0.29, 0.717) is 10.8 Å². The molecule has 0 saturated carbocycles. The summed E-state index contributed by atoms with van der Waals surface area (Å²) in [6, 6.07) is 0. The molecule has 0 aliphatic rings. The van der Waals surface area contributed by atoms with Crippen molar-refractivity contribution in [3.05, 3.63) is 0 Å².